The Morgan fingerprint density at radius 1 is 1.32 bits per heavy atom. The molecule has 5 nitrogen and oxygen atoms in total. The Bertz CT molecular complexity index is 545. The van der Waals surface area contributed by atoms with Gasteiger partial charge < -0.3 is 20.0 Å². The Labute approximate surface area is 135 Å². The predicted molar refractivity (Wildman–Crippen MR) is 86.1 cm³/mol. The predicted octanol–water partition coefficient (Wildman–Crippen LogP) is 0.978. The van der Waals surface area contributed by atoms with Gasteiger partial charge >= 0.3 is 0 Å². The molecule has 0 aliphatic rings. The molecule has 0 aromatic heterocycles. The summed E-state index contributed by atoms with van der Waals surface area (Å²) >= 11 is 1.52. The SMILES string of the molecule is CSCC[C@H](NC(=O)COc1cc(C)cc(C)c1C)C(=O)[O-]. The summed E-state index contributed by atoms with van der Waals surface area (Å²) in [5, 5.41) is 13.4. The maximum absolute atomic E-state index is 11.8. The molecule has 1 amide bonds. The highest BCUT2D eigenvalue weighted by Crippen LogP contribution is 2.23. The molecule has 0 fully saturated rings. The fraction of sp³-hybridized carbons (Fsp3) is 0.500. The smallest absolute Gasteiger partial charge is 0.258 e. The standard InChI is InChI=1S/C16H23NO4S/c1-10-7-11(2)12(3)14(8-10)21-9-15(18)17-13(16(19)20)5-6-22-4/h7-8,13H,5-6,9H2,1-4H3,(H,17,18)(H,19,20)/p-1/t13-/m0/s1. The van der Waals surface area contributed by atoms with Crippen LogP contribution in [0.3, 0.4) is 0 Å². The molecule has 22 heavy (non-hydrogen) atoms. The average Bonchev–Trinajstić information content (AvgIpc) is 2.45. The number of thioether (sulfide) groups is 1. The van der Waals surface area contributed by atoms with E-state index in [9.17, 15) is 14.7 Å². The fourth-order valence-corrected chi connectivity index (χ4v) is 2.49. The second-order valence-electron chi connectivity index (χ2n) is 5.21. The van der Waals surface area contributed by atoms with Gasteiger partial charge in [-0.3, -0.25) is 4.79 Å². The molecule has 0 bridgehead atoms. The molecule has 0 saturated heterocycles. The van der Waals surface area contributed by atoms with Crippen molar-refractivity contribution in [2.75, 3.05) is 18.6 Å². The van der Waals surface area contributed by atoms with Crippen molar-refractivity contribution in [3.05, 3.63) is 28.8 Å². The number of carboxylic acid groups (broad SMARTS) is 1. The van der Waals surface area contributed by atoms with Gasteiger partial charge in [0, 0.05) is 0 Å². The Balaban J connectivity index is 2.60. The van der Waals surface area contributed by atoms with E-state index in [1.807, 2.05) is 39.2 Å². The lowest BCUT2D eigenvalue weighted by Crippen LogP contribution is -2.49. The number of benzene rings is 1. The summed E-state index contributed by atoms with van der Waals surface area (Å²) < 4.78 is 5.51. The number of carbonyl (C=O) groups is 2. The van der Waals surface area contributed by atoms with E-state index in [0.717, 1.165) is 16.7 Å². The van der Waals surface area contributed by atoms with Gasteiger partial charge in [0.25, 0.3) is 5.91 Å². The molecule has 6 heteroatoms. The molecular formula is C16H22NO4S-. The second-order valence-corrected chi connectivity index (χ2v) is 6.20. The molecule has 0 radical (unpaired) electrons. The average molecular weight is 324 g/mol. The molecule has 0 saturated carbocycles. The summed E-state index contributed by atoms with van der Waals surface area (Å²) in [6.07, 6.45) is 2.21. The lowest BCUT2D eigenvalue weighted by atomic mass is 10.1. The first-order chi connectivity index (χ1) is 10.3. The van der Waals surface area contributed by atoms with Crippen LogP contribution in [0.4, 0.5) is 0 Å². The summed E-state index contributed by atoms with van der Waals surface area (Å²) in [6.45, 7) is 5.63. The zero-order chi connectivity index (χ0) is 16.7. The summed E-state index contributed by atoms with van der Waals surface area (Å²) in [5.74, 6) is -0.462. The van der Waals surface area contributed by atoms with Crippen LogP contribution in [-0.4, -0.2) is 36.5 Å². The monoisotopic (exact) mass is 324 g/mol. The highest BCUT2D eigenvalue weighted by molar-refractivity contribution is 7.98. The van der Waals surface area contributed by atoms with Gasteiger partial charge in [-0.2, -0.15) is 11.8 Å². The van der Waals surface area contributed by atoms with Crippen molar-refractivity contribution in [3.63, 3.8) is 0 Å². The molecule has 0 heterocycles. The second kappa shape index (κ2) is 8.68. The van der Waals surface area contributed by atoms with E-state index in [2.05, 4.69) is 5.32 Å². The number of hydrogen-bond acceptors (Lipinski definition) is 5. The molecule has 1 N–H and O–H groups in total. The summed E-state index contributed by atoms with van der Waals surface area (Å²) in [5.41, 5.74) is 3.10. The number of aryl methyl sites for hydroxylation is 2. The number of carbonyl (C=O) groups excluding carboxylic acids is 2. The molecule has 0 spiro atoms. The first kappa shape index (κ1) is 18.4. The van der Waals surface area contributed by atoms with Gasteiger partial charge in [0.1, 0.15) is 5.75 Å². The molecule has 1 rings (SSSR count). The molecule has 1 aromatic carbocycles. The van der Waals surface area contributed by atoms with Crippen LogP contribution in [0.15, 0.2) is 12.1 Å². The van der Waals surface area contributed by atoms with Crippen LogP contribution in [0, 0.1) is 20.8 Å². The van der Waals surface area contributed by atoms with Crippen LogP contribution in [0.1, 0.15) is 23.1 Å². The quantitative estimate of drug-likeness (QED) is 0.771. The minimum Gasteiger partial charge on any atom is -0.548 e. The number of aliphatic carboxylic acids is 1. The summed E-state index contributed by atoms with van der Waals surface area (Å²) in [4.78, 5) is 22.8. The van der Waals surface area contributed by atoms with Crippen LogP contribution in [-0.2, 0) is 9.59 Å². The van der Waals surface area contributed by atoms with Crippen LogP contribution in [0.5, 0.6) is 5.75 Å². The zero-order valence-electron chi connectivity index (χ0n) is 13.4. The lowest BCUT2D eigenvalue weighted by molar-refractivity contribution is -0.308. The zero-order valence-corrected chi connectivity index (χ0v) is 14.2. The number of hydrogen-bond donors (Lipinski definition) is 1. The minimum atomic E-state index is -1.27. The molecule has 1 aromatic rings. The van der Waals surface area contributed by atoms with E-state index in [0.29, 0.717) is 17.9 Å². The topological polar surface area (TPSA) is 78.5 Å². The van der Waals surface area contributed by atoms with E-state index in [1.165, 1.54) is 11.8 Å². The van der Waals surface area contributed by atoms with Gasteiger partial charge in [0.2, 0.25) is 0 Å². The van der Waals surface area contributed by atoms with Gasteiger partial charge in [0.05, 0.1) is 12.0 Å². The van der Waals surface area contributed by atoms with Crippen LogP contribution < -0.4 is 15.2 Å². The first-order valence-corrected chi connectivity index (χ1v) is 8.44. The molecule has 1 atom stereocenters. The van der Waals surface area contributed by atoms with Crippen molar-refractivity contribution >= 4 is 23.6 Å². The van der Waals surface area contributed by atoms with Gasteiger partial charge in [-0.15, -0.1) is 0 Å². The highest BCUT2D eigenvalue weighted by atomic mass is 32.2. The molecule has 0 unspecified atom stereocenters. The Kier molecular flexibility index (Phi) is 7.24. The van der Waals surface area contributed by atoms with Crippen molar-refractivity contribution in [2.24, 2.45) is 0 Å². The van der Waals surface area contributed by atoms with Gasteiger partial charge in [-0.1, -0.05) is 6.07 Å². The molecule has 0 aliphatic carbocycles. The molecule has 0 aliphatic heterocycles. The van der Waals surface area contributed by atoms with Crippen LogP contribution in [0.2, 0.25) is 0 Å². The Morgan fingerprint density at radius 2 is 2.00 bits per heavy atom. The van der Waals surface area contributed by atoms with Crippen LogP contribution in [0.25, 0.3) is 0 Å². The minimum absolute atomic E-state index is 0.215. The number of carboxylic acids is 1. The lowest BCUT2D eigenvalue weighted by Gasteiger charge is -2.19. The first-order valence-electron chi connectivity index (χ1n) is 7.05. The number of amides is 1. The van der Waals surface area contributed by atoms with Crippen LogP contribution >= 0.6 is 11.8 Å². The van der Waals surface area contributed by atoms with Gasteiger partial charge in [-0.25, -0.2) is 0 Å². The van der Waals surface area contributed by atoms with Crippen molar-refractivity contribution in [2.45, 2.75) is 33.2 Å². The summed E-state index contributed by atoms with van der Waals surface area (Å²) in [6, 6.07) is 2.92. The third-order valence-corrected chi connectivity index (χ3v) is 4.00. The van der Waals surface area contributed by atoms with Gasteiger partial charge in [0.15, 0.2) is 6.61 Å². The highest BCUT2D eigenvalue weighted by Gasteiger charge is 2.14. The Morgan fingerprint density at radius 3 is 2.59 bits per heavy atom. The van der Waals surface area contributed by atoms with E-state index in [-0.39, 0.29) is 6.61 Å². The van der Waals surface area contributed by atoms with Crippen molar-refractivity contribution < 1.29 is 19.4 Å². The normalized spacial score (nSPS) is 11.8. The third-order valence-electron chi connectivity index (χ3n) is 3.35. The molecule has 122 valence electrons. The molecular weight excluding hydrogens is 302 g/mol. The summed E-state index contributed by atoms with van der Waals surface area (Å²) in [7, 11) is 0. The Hall–Kier alpha value is -1.69. The largest absolute Gasteiger partial charge is 0.548 e. The van der Waals surface area contributed by atoms with E-state index in [4.69, 9.17) is 4.74 Å². The number of rotatable bonds is 8. The van der Waals surface area contributed by atoms with Crippen molar-refractivity contribution in [3.8, 4) is 5.75 Å². The maximum Gasteiger partial charge on any atom is 0.258 e. The van der Waals surface area contributed by atoms with Crippen molar-refractivity contribution in [1.82, 2.24) is 5.32 Å². The third kappa shape index (κ3) is 5.60. The van der Waals surface area contributed by atoms with Crippen molar-refractivity contribution in [1.29, 1.82) is 0 Å². The number of nitrogens with one attached hydrogen (secondary N) is 1. The van der Waals surface area contributed by atoms with E-state index < -0.39 is 17.9 Å². The van der Waals surface area contributed by atoms with E-state index >= 15 is 0 Å². The maximum atomic E-state index is 11.8. The number of ether oxygens (including phenoxy) is 1. The fourth-order valence-electron chi connectivity index (χ4n) is 2.01. The van der Waals surface area contributed by atoms with Gasteiger partial charge in [-0.05, 0) is 62.0 Å². The van der Waals surface area contributed by atoms with E-state index in [1.54, 1.807) is 0 Å².